The van der Waals surface area contributed by atoms with Crippen molar-refractivity contribution in [1.82, 2.24) is 9.78 Å². The van der Waals surface area contributed by atoms with E-state index >= 15 is 0 Å². The van der Waals surface area contributed by atoms with E-state index in [2.05, 4.69) is 15.6 Å². The van der Waals surface area contributed by atoms with Crippen molar-refractivity contribution in [2.45, 2.75) is 32.0 Å². The van der Waals surface area contributed by atoms with Gasteiger partial charge in [-0.05, 0) is 19.8 Å². The lowest BCUT2D eigenvalue weighted by Gasteiger charge is -2.12. The molecule has 4 N–H and O–H groups in total. The van der Waals surface area contributed by atoms with Crippen molar-refractivity contribution in [2.24, 2.45) is 17.9 Å². The summed E-state index contributed by atoms with van der Waals surface area (Å²) in [6, 6.07) is 0. The Morgan fingerprint density at radius 1 is 1.68 bits per heavy atom. The normalized spacial score (nSPS) is 23.6. The summed E-state index contributed by atoms with van der Waals surface area (Å²) < 4.78 is 6.93. The zero-order chi connectivity index (χ0) is 14.0. The molecule has 1 aromatic rings. The smallest absolute Gasteiger partial charge is 0.254 e. The molecule has 1 amide bonds. The van der Waals surface area contributed by atoms with Crippen molar-refractivity contribution in [3.8, 4) is 0 Å². The van der Waals surface area contributed by atoms with Gasteiger partial charge in [0.05, 0.1) is 17.9 Å². The third-order valence-corrected chi connectivity index (χ3v) is 3.09. The summed E-state index contributed by atoms with van der Waals surface area (Å²) in [5, 5.41) is 18.3. The molecule has 0 saturated carbocycles. The molecule has 2 heterocycles. The minimum absolute atomic E-state index is 0.0887. The zero-order valence-corrected chi connectivity index (χ0v) is 10.8. The highest BCUT2D eigenvalue weighted by molar-refractivity contribution is 6.05. The number of oxime groups is 1. The van der Waals surface area contributed by atoms with Gasteiger partial charge >= 0.3 is 0 Å². The molecule has 8 heteroatoms. The topological polar surface area (TPSA) is 115 Å². The quantitative estimate of drug-likeness (QED) is 0.309. The van der Waals surface area contributed by atoms with Crippen LogP contribution in [0.25, 0.3) is 0 Å². The number of carbonyl (C=O) groups excluding carboxylic acids is 1. The van der Waals surface area contributed by atoms with E-state index in [1.54, 1.807) is 7.05 Å². The minimum Gasteiger partial charge on any atom is -0.409 e. The Morgan fingerprint density at radius 2 is 2.42 bits per heavy atom. The molecule has 2 rings (SSSR count). The summed E-state index contributed by atoms with van der Waals surface area (Å²) >= 11 is 0. The van der Waals surface area contributed by atoms with E-state index in [1.165, 1.54) is 10.9 Å². The summed E-state index contributed by atoms with van der Waals surface area (Å²) in [6.07, 6.45) is 2.58. The minimum atomic E-state index is -0.468. The number of carbonyl (C=O) groups is 1. The van der Waals surface area contributed by atoms with Crippen LogP contribution in [0.1, 0.15) is 25.3 Å². The fourth-order valence-corrected chi connectivity index (χ4v) is 2.02. The maximum Gasteiger partial charge on any atom is 0.254 e. The lowest BCUT2D eigenvalue weighted by atomic mass is 10.2. The second-order valence-corrected chi connectivity index (χ2v) is 4.52. The molecule has 0 radical (unpaired) electrons. The van der Waals surface area contributed by atoms with Gasteiger partial charge in [-0.25, -0.2) is 0 Å². The Kier molecular flexibility index (Phi) is 3.70. The van der Waals surface area contributed by atoms with Crippen LogP contribution >= 0.6 is 0 Å². The molecule has 1 aliphatic heterocycles. The molecule has 1 saturated heterocycles. The molecule has 104 valence electrons. The molecule has 0 spiro atoms. The Bertz CT molecular complexity index is 510. The zero-order valence-electron chi connectivity index (χ0n) is 10.8. The van der Waals surface area contributed by atoms with Crippen molar-refractivity contribution >= 4 is 17.6 Å². The van der Waals surface area contributed by atoms with Crippen molar-refractivity contribution in [3.63, 3.8) is 0 Å². The van der Waals surface area contributed by atoms with Gasteiger partial charge in [0.15, 0.2) is 5.84 Å². The van der Waals surface area contributed by atoms with Crippen LogP contribution in [-0.2, 0) is 16.6 Å². The molecular formula is C11H17N5O3. The van der Waals surface area contributed by atoms with Gasteiger partial charge in [-0.3, -0.25) is 9.48 Å². The Labute approximate surface area is 110 Å². The molecule has 1 fully saturated rings. The molecule has 1 aromatic heterocycles. The van der Waals surface area contributed by atoms with Crippen LogP contribution < -0.4 is 11.1 Å². The molecule has 19 heavy (non-hydrogen) atoms. The SMILES string of the molecule is CC1CCC(C(=O)Nc2c(C(N)=NO)cnn2C)O1. The number of aryl methyl sites for hydroxylation is 1. The molecule has 0 aliphatic carbocycles. The number of rotatable bonds is 3. The van der Waals surface area contributed by atoms with Crippen LogP contribution in [0.5, 0.6) is 0 Å². The van der Waals surface area contributed by atoms with Gasteiger partial charge in [-0.15, -0.1) is 0 Å². The standard InChI is InChI=1S/C11H17N5O3/c1-6-3-4-8(19-6)11(17)14-10-7(9(12)15-18)5-13-16(10)2/h5-6,8,18H,3-4H2,1-2H3,(H2,12,15)(H,14,17). The van der Waals surface area contributed by atoms with E-state index < -0.39 is 6.10 Å². The number of nitrogens with two attached hydrogens (primary N) is 1. The predicted molar refractivity (Wildman–Crippen MR) is 67.9 cm³/mol. The number of aromatic nitrogens is 2. The second-order valence-electron chi connectivity index (χ2n) is 4.52. The first kappa shape index (κ1) is 13.3. The van der Waals surface area contributed by atoms with Gasteiger partial charge in [0.25, 0.3) is 5.91 Å². The number of nitrogens with zero attached hydrogens (tertiary/aromatic N) is 3. The maximum absolute atomic E-state index is 12.1. The van der Waals surface area contributed by atoms with E-state index in [4.69, 9.17) is 15.7 Å². The molecule has 0 aromatic carbocycles. The fourth-order valence-electron chi connectivity index (χ4n) is 2.02. The average molecular weight is 267 g/mol. The summed E-state index contributed by atoms with van der Waals surface area (Å²) in [5.74, 6) is 0.0208. The van der Waals surface area contributed by atoms with E-state index in [1.807, 2.05) is 6.92 Å². The molecular weight excluding hydrogens is 250 g/mol. The van der Waals surface area contributed by atoms with Gasteiger partial charge in [0.2, 0.25) is 0 Å². The van der Waals surface area contributed by atoms with Crippen molar-refractivity contribution in [2.75, 3.05) is 5.32 Å². The highest BCUT2D eigenvalue weighted by Gasteiger charge is 2.29. The number of ether oxygens (including phenoxy) is 1. The first-order valence-corrected chi connectivity index (χ1v) is 5.99. The molecule has 2 unspecified atom stereocenters. The van der Waals surface area contributed by atoms with Crippen LogP contribution in [-0.4, -0.2) is 38.9 Å². The number of hydrogen-bond acceptors (Lipinski definition) is 5. The number of nitrogens with one attached hydrogen (secondary N) is 1. The largest absolute Gasteiger partial charge is 0.409 e. The van der Waals surface area contributed by atoms with Gasteiger partial charge in [0.1, 0.15) is 11.9 Å². The Morgan fingerprint density at radius 3 is 3.00 bits per heavy atom. The number of amides is 1. The summed E-state index contributed by atoms with van der Waals surface area (Å²) in [4.78, 5) is 12.1. The summed E-state index contributed by atoms with van der Waals surface area (Å²) in [7, 11) is 1.65. The van der Waals surface area contributed by atoms with Crippen LogP contribution in [0.2, 0.25) is 0 Å². The Hall–Kier alpha value is -2.09. The lowest BCUT2D eigenvalue weighted by molar-refractivity contribution is -0.126. The Balaban J connectivity index is 2.15. The number of hydrogen-bond donors (Lipinski definition) is 3. The first-order chi connectivity index (χ1) is 9.02. The van der Waals surface area contributed by atoms with Crippen molar-refractivity contribution in [3.05, 3.63) is 11.8 Å². The fraction of sp³-hybridized carbons (Fsp3) is 0.545. The third-order valence-electron chi connectivity index (χ3n) is 3.09. The van der Waals surface area contributed by atoms with Gasteiger partial charge in [-0.1, -0.05) is 5.16 Å². The molecule has 0 bridgehead atoms. The lowest BCUT2D eigenvalue weighted by Crippen LogP contribution is -2.29. The average Bonchev–Trinajstić information content (AvgIpc) is 2.96. The molecule has 1 aliphatic rings. The molecule has 8 nitrogen and oxygen atoms in total. The van der Waals surface area contributed by atoms with Gasteiger partial charge in [-0.2, -0.15) is 5.10 Å². The highest BCUT2D eigenvalue weighted by atomic mass is 16.5. The van der Waals surface area contributed by atoms with E-state index in [0.717, 1.165) is 6.42 Å². The van der Waals surface area contributed by atoms with Gasteiger partial charge < -0.3 is 21.0 Å². The van der Waals surface area contributed by atoms with Gasteiger partial charge in [0, 0.05) is 7.05 Å². The number of amidine groups is 1. The highest BCUT2D eigenvalue weighted by Crippen LogP contribution is 2.21. The maximum atomic E-state index is 12.1. The number of anilines is 1. The van der Waals surface area contributed by atoms with Crippen molar-refractivity contribution in [1.29, 1.82) is 0 Å². The van der Waals surface area contributed by atoms with E-state index in [9.17, 15) is 4.79 Å². The second kappa shape index (κ2) is 5.27. The third kappa shape index (κ3) is 2.68. The van der Waals surface area contributed by atoms with E-state index in [0.29, 0.717) is 17.8 Å². The molecule has 2 atom stereocenters. The first-order valence-electron chi connectivity index (χ1n) is 5.99. The van der Waals surface area contributed by atoms with Crippen LogP contribution in [0.3, 0.4) is 0 Å². The van der Waals surface area contributed by atoms with Crippen LogP contribution in [0.4, 0.5) is 5.82 Å². The monoisotopic (exact) mass is 267 g/mol. The van der Waals surface area contributed by atoms with Crippen LogP contribution in [0, 0.1) is 0 Å². The predicted octanol–water partition coefficient (Wildman–Crippen LogP) is 0.0206. The van der Waals surface area contributed by atoms with Crippen molar-refractivity contribution < 1.29 is 14.7 Å². The van der Waals surface area contributed by atoms with E-state index in [-0.39, 0.29) is 17.8 Å². The van der Waals surface area contributed by atoms with Crippen LogP contribution in [0.15, 0.2) is 11.4 Å². The summed E-state index contributed by atoms with van der Waals surface area (Å²) in [5.41, 5.74) is 5.89. The summed E-state index contributed by atoms with van der Waals surface area (Å²) in [6.45, 7) is 1.93.